The van der Waals surface area contributed by atoms with Gasteiger partial charge < -0.3 is 0 Å². The van der Waals surface area contributed by atoms with Crippen LogP contribution in [0.2, 0.25) is 0 Å². The number of aliphatic imine (C=N–C) groups is 1. The van der Waals surface area contributed by atoms with E-state index >= 15 is 0 Å². The van der Waals surface area contributed by atoms with Crippen LogP contribution in [0.3, 0.4) is 0 Å². The van der Waals surface area contributed by atoms with Crippen molar-refractivity contribution in [3.05, 3.63) is 35.2 Å². The van der Waals surface area contributed by atoms with Gasteiger partial charge in [-0.2, -0.15) is 4.99 Å². The van der Waals surface area contributed by atoms with Gasteiger partial charge in [-0.1, -0.05) is 0 Å². The van der Waals surface area contributed by atoms with Crippen LogP contribution in [0.5, 0.6) is 0 Å². The number of hydrogen-bond acceptors (Lipinski definition) is 1. The van der Waals surface area contributed by atoms with Crippen LogP contribution in [-0.4, -0.2) is 11.8 Å². The summed E-state index contributed by atoms with van der Waals surface area (Å²) in [6.45, 7) is 6.11. The number of amides is 1. The topological polar surface area (TPSA) is 29.4 Å². The first kappa shape index (κ1) is 9.02. The molecule has 0 heterocycles. The standard InChI is InChI=1S/C9H4NO/c1-3-4-5-6-7-8-10-9(2)11/h1H,2H3/q-1. The summed E-state index contributed by atoms with van der Waals surface area (Å²) < 4.78 is 0. The second kappa shape index (κ2) is 6.14. The lowest BCUT2D eigenvalue weighted by Gasteiger charge is -1.64. The molecule has 0 aromatic rings. The van der Waals surface area contributed by atoms with E-state index in [2.05, 4.69) is 39.5 Å². The number of carbonyl (C=O) groups excluding carboxylic acids is 1. The average molecular weight is 142 g/mol. The van der Waals surface area contributed by atoms with Crippen LogP contribution in [0.1, 0.15) is 6.92 Å². The summed E-state index contributed by atoms with van der Waals surface area (Å²) >= 11 is 0. The Kier molecular flexibility index (Phi) is 5.04. The smallest absolute Gasteiger partial charge is 0.251 e. The molecular weight excluding hydrogens is 138 g/mol. The minimum Gasteiger partial charge on any atom is -0.295 e. The van der Waals surface area contributed by atoms with E-state index in [4.69, 9.17) is 6.58 Å². The first-order valence-corrected chi connectivity index (χ1v) is 2.69. The predicted octanol–water partition coefficient (Wildman–Crippen LogP) is 0.967. The molecule has 0 bridgehead atoms. The number of rotatable bonds is 0. The van der Waals surface area contributed by atoms with E-state index in [0.29, 0.717) is 0 Å². The molecule has 0 aliphatic heterocycles. The average Bonchev–Trinajstić information content (AvgIpc) is 1.96. The summed E-state index contributed by atoms with van der Waals surface area (Å²) in [4.78, 5) is 13.4. The van der Waals surface area contributed by atoms with E-state index in [9.17, 15) is 4.79 Å². The fourth-order valence-electron chi connectivity index (χ4n) is 0.233. The van der Waals surface area contributed by atoms with Crippen LogP contribution >= 0.6 is 0 Å². The molecule has 0 aliphatic rings. The van der Waals surface area contributed by atoms with Gasteiger partial charge in [0.25, 0.3) is 5.91 Å². The summed E-state index contributed by atoms with van der Waals surface area (Å²) in [7, 11) is 0. The normalized spacial score (nSPS) is 5.18. The predicted molar refractivity (Wildman–Crippen MR) is 40.0 cm³/mol. The molecule has 1 amide bonds. The summed E-state index contributed by atoms with van der Waals surface area (Å²) in [5.74, 6) is 1.84. The van der Waals surface area contributed by atoms with E-state index in [0.717, 1.165) is 0 Å². The van der Waals surface area contributed by atoms with Gasteiger partial charge >= 0.3 is 0 Å². The highest BCUT2D eigenvalue weighted by atomic mass is 16.1. The van der Waals surface area contributed by atoms with Gasteiger partial charge in [0.1, 0.15) is 0 Å². The first-order chi connectivity index (χ1) is 5.27. The van der Waals surface area contributed by atoms with Gasteiger partial charge in [0.2, 0.25) is 0 Å². The lowest BCUT2D eigenvalue weighted by Crippen LogP contribution is -1.77. The second-order valence-corrected chi connectivity index (χ2v) is 1.39. The van der Waals surface area contributed by atoms with E-state index in [1.54, 1.807) is 0 Å². The lowest BCUT2D eigenvalue weighted by atomic mass is 10.7. The van der Waals surface area contributed by atoms with E-state index in [1.807, 2.05) is 0 Å². The summed E-state index contributed by atoms with van der Waals surface area (Å²) in [5.41, 5.74) is 11.3. The van der Waals surface area contributed by atoms with Crippen LogP contribution in [0.15, 0.2) is 33.6 Å². The molecule has 0 aliphatic carbocycles. The van der Waals surface area contributed by atoms with Crippen LogP contribution < -0.4 is 0 Å². The van der Waals surface area contributed by atoms with Gasteiger partial charge in [0.05, 0.1) is 5.87 Å². The summed E-state index contributed by atoms with van der Waals surface area (Å²) in [5, 5.41) is 0. The number of carbonyl (C=O) groups is 1. The third kappa shape index (κ3) is 8.02. The maximum Gasteiger partial charge on any atom is 0.251 e. The molecule has 0 saturated heterocycles. The van der Waals surface area contributed by atoms with Crippen LogP contribution in [0.4, 0.5) is 0 Å². The molecule has 0 atom stereocenters. The zero-order chi connectivity index (χ0) is 8.53. The van der Waals surface area contributed by atoms with Crippen LogP contribution in [0.25, 0.3) is 0 Å². The lowest BCUT2D eigenvalue weighted by molar-refractivity contribution is -0.115. The molecule has 0 spiro atoms. The van der Waals surface area contributed by atoms with Gasteiger partial charge in [-0.05, 0) is 5.73 Å². The van der Waals surface area contributed by atoms with E-state index in [-0.39, 0.29) is 5.91 Å². The molecule has 0 unspecified atom stereocenters. The molecule has 0 aromatic carbocycles. The maximum atomic E-state index is 10.2. The summed E-state index contributed by atoms with van der Waals surface area (Å²) in [6.07, 6.45) is 0. The van der Waals surface area contributed by atoms with Crippen molar-refractivity contribution in [3.8, 4) is 0 Å². The third-order valence-corrected chi connectivity index (χ3v) is 0.529. The molecule has 0 fully saturated rings. The van der Waals surface area contributed by atoms with Crippen molar-refractivity contribution in [1.82, 2.24) is 0 Å². The third-order valence-electron chi connectivity index (χ3n) is 0.529. The monoisotopic (exact) mass is 142 g/mol. The van der Waals surface area contributed by atoms with Crippen molar-refractivity contribution in [3.63, 3.8) is 0 Å². The molecule has 52 valence electrons. The Bertz CT molecular complexity index is 368. The Hall–Kier alpha value is -1.98. The Morgan fingerprint density at radius 3 is 2.45 bits per heavy atom. The fourth-order valence-corrected chi connectivity index (χ4v) is 0.233. The van der Waals surface area contributed by atoms with Crippen molar-refractivity contribution in [2.75, 3.05) is 0 Å². The van der Waals surface area contributed by atoms with Crippen molar-refractivity contribution >= 4 is 11.8 Å². The second-order valence-electron chi connectivity index (χ2n) is 1.39. The molecule has 11 heavy (non-hydrogen) atoms. The van der Waals surface area contributed by atoms with E-state index in [1.165, 1.54) is 6.92 Å². The summed E-state index contributed by atoms with van der Waals surface area (Å²) in [6, 6.07) is 0. The Labute approximate surface area is 64.6 Å². The SMILES string of the molecule is [CH-]=C=C=C=C=C=C=NC(C)=O. The molecule has 0 radical (unpaired) electrons. The van der Waals surface area contributed by atoms with Crippen molar-refractivity contribution in [2.45, 2.75) is 6.92 Å². The van der Waals surface area contributed by atoms with E-state index < -0.39 is 0 Å². The van der Waals surface area contributed by atoms with Gasteiger partial charge in [-0.15, -0.1) is 5.73 Å². The van der Waals surface area contributed by atoms with Crippen molar-refractivity contribution in [2.24, 2.45) is 4.99 Å². The molecular formula is C9H4NO-. The maximum absolute atomic E-state index is 10.2. The molecule has 0 N–H and O–H groups in total. The Morgan fingerprint density at radius 1 is 1.27 bits per heavy atom. The van der Waals surface area contributed by atoms with Crippen LogP contribution in [-0.2, 0) is 4.79 Å². The molecule has 2 nitrogen and oxygen atoms in total. The highest BCUT2D eigenvalue weighted by Gasteiger charge is 1.74. The quantitative estimate of drug-likeness (QED) is 0.281. The number of hydrogen-bond donors (Lipinski definition) is 0. The molecule has 2 heteroatoms. The zero-order valence-corrected chi connectivity index (χ0v) is 5.93. The largest absolute Gasteiger partial charge is 0.295 e. The molecule has 0 rings (SSSR count). The van der Waals surface area contributed by atoms with Gasteiger partial charge in [0, 0.05) is 12.7 Å². The first-order valence-electron chi connectivity index (χ1n) is 2.69. The zero-order valence-electron chi connectivity index (χ0n) is 5.93. The molecule has 0 aromatic heterocycles. The minimum atomic E-state index is -0.343. The van der Waals surface area contributed by atoms with Gasteiger partial charge in [-0.3, -0.25) is 10.5 Å². The van der Waals surface area contributed by atoms with Crippen molar-refractivity contribution in [1.29, 1.82) is 0 Å². The fraction of sp³-hybridized carbons (Fsp3) is 0.111. The van der Waals surface area contributed by atoms with Crippen molar-refractivity contribution < 1.29 is 4.79 Å². The molecule has 0 saturated carbocycles. The van der Waals surface area contributed by atoms with Gasteiger partial charge in [0.15, 0.2) is 0 Å². The van der Waals surface area contributed by atoms with Gasteiger partial charge in [-0.25, -0.2) is 12.3 Å². The van der Waals surface area contributed by atoms with Crippen LogP contribution in [0, 0.1) is 6.58 Å². The Morgan fingerprint density at radius 2 is 1.91 bits per heavy atom. The highest BCUT2D eigenvalue weighted by molar-refractivity contribution is 5.80. The highest BCUT2D eigenvalue weighted by Crippen LogP contribution is 1.62. The minimum absolute atomic E-state index is 0.343. The number of nitrogens with zero attached hydrogens (tertiary/aromatic N) is 1. The Balaban J connectivity index is 4.88.